The molecule has 1 aliphatic rings. The minimum absolute atomic E-state index is 0.00950. The zero-order chi connectivity index (χ0) is 21.2. The molecule has 0 aromatic rings. The molecule has 4 nitrogen and oxygen atoms in total. The lowest BCUT2D eigenvalue weighted by Crippen LogP contribution is -2.28. The van der Waals surface area contributed by atoms with Crippen LogP contribution in [0.25, 0.3) is 0 Å². The first-order chi connectivity index (χ1) is 13.2. The summed E-state index contributed by atoms with van der Waals surface area (Å²) < 4.78 is 4.57. The van der Waals surface area contributed by atoms with Crippen molar-refractivity contribution in [1.29, 1.82) is 0 Å². The first-order valence-electron chi connectivity index (χ1n) is 10.7. The topological polar surface area (TPSA) is 66.8 Å². The van der Waals surface area contributed by atoms with E-state index in [0.29, 0.717) is 6.42 Å². The molecule has 162 valence electrons. The van der Waals surface area contributed by atoms with Gasteiger partial charge in [-0.1, -0.05) is 58.3 Å². The lowest BCUT2D eigenvalue weighted by atomic mass is 9.80. The largest absolute Gasteiger partial charge is 0.466 e. The van der Waals surface area contributed by atoms with E-state index in [1.165, 1.54) is 13.2 Å². The summed E-state index contributed by atoms with van der Waals surface area (Å²) in [6, 6.07) is 0. The molecule has 0 aromatic carbocycles. The van der Waals surface area contributed by atoms with Crippen LogP contribution in [0.4, 0.5) is 0 Å². The highest BCUT2D eigenvalue weighted by Crippen LogP contribution is 2.40. The van der Waals surface area contributed by atoms with Crippen molar-refractivity contribution in [2.75, 3.05) is 7.11 Å². The Kier molecular flexibility index (Phi) is 11.4. The number of allylic oxidation sites excluding steroid dienone is 1. The van der Waals surface area contributed by atoms with Crippen molar-refractivity contribution >= 4 is 17.6 Å². The molecule has 28 heavy (non-hydrogen) atoms. The maximum absolute atomic E-state index is 11.0. The van der Waals surface area contributed by atoms with E-state index in [2.05, 4.69) is 25.5 Å². The first kappa shape index (κ1) is 25.2. The number of ether oxygens (including phenoxy) is 1. The number of alkyl halides is 1. The molecule has 5 heteroatoms. The number of hydrogen-bond acceptors (Lipinski definition) is 4. The molecule has 2 N–H and O–H groups in total. The smallest absolute Gasteiger partial charge is 0.330 e. The Balaban J connectivity index is 2.56. The lowest BCUT2D eigenvalue weighted by Gasteiger charge is -2.29. The van der Waals surface area contributed by atoms with E-state index >= 15 is 0 Å². The van der Waals surface area contributed by atoms with Crippen molar-refractivity contribution in [2.45, 2.75) is 89.7 Å². The fourth-order valence-electron chi connectivity index (χ4n) is 3.90. The fourth-order valence-corrected chi connectivity index (χ4v) is 4.37. The Morgan fingerprint density at radius 1 is 1.32 bits per heavy atom. The zero-order valence-electron chi connectivity index (χ0n) is 17.9. The number of rotatable bonds is 12. The highest BCUT2D eigenvalue weighted by molar-refractivity contribution is 6.21. The molecule has 1 saturated carbocycles. The van der Waals surface area contributed by atoms with Gasteiger partial charge in [-0.05, 0) is 43.4 Å². The Bertz CT molecular complexity index is 515. The van der Waals surface area contributed by atoms with Crippen molar-refractivity contribution in [1.82, 2.24) is 0 Å². The van der Waals surface area contributed by atoms with E-state index < -0.39 is 12.2 Å². The van der Waals surface area contributed by atoms with E-state index in [0.717, 1.165) is 44.9 Å². The summed E-state index contributed by atoms with van der Waals surface area (Å²) in [7, 11) is 1.37. The number of esters is 1. The van der Waals surface area contributed by atoms with E-state index in [4.69, 9.17) is 11.6 Å². The summed E-state index contributed by atoms with van der Waals surface area (Å²) >= 11 is 6.51. The molecule has 1 aliphatic carbocycles. The van der Waals surface area contributed by atoms with E-state index in [9.17, 15) is 15.0 Å². The molecule has 0 bridgehead atoms. The van der Waals surface area contributed by atoms with Crippen molar-refractivity contribution < 1.29 is 19.7 Å². The third-order valence-electron chi connectivity index (χ3n) is 5.97. The summed E-state index contributed by atoms with van der Waals surface area (Å²) in [5, 5.41) is 21.0. The number of methoxy groups -OCH3 is 1. The fraction of sp³-hybridized carbons (Fsp3) is 0.783. The summed E-state index contributed by atoms with van der Waals surface area (Å²) in [6.45, 7) is 6.34. The van der Waals surface area contributed by atoms with Crippen LogP contribution >= 0.6 is 11.6 Å². The molecule has 0 heterocycles. The summed E-state index contributed by atoms with van der Waals surface area (Å²) in [5.41, 5.74) is -0.169. The molecule has 0 spiro atoms. The SMILES string of the molecule is CCCCC(C)(C)[C@H](O)/C=C/[C@@H]1[C@@H](CCCC/C=C/C(=O)OC)[C@H](Cl)C[C@H]1O. The minimum atomic E-state index is -0.523. The molecule has 1 rings (SSSR count). The van der Waals surface area contributed by atoms with Crippen LogP contribution in [-0.4, -0.2) is 40.9 Å². The molecule has 0 unspecified atom stereocenters. The van der Waals surface area contributed by atoms with Crippen LogP contribution in [0, 0.1) is 17.3 Å². The summed E-state index contributed by atoms with van der Waals surface area (Å²) in [5.74, 6) is -0.126. The van der Waals surface area contributed by atoms with Crippen LogP contribution < -0.4 is 0 Å². The van der Waals surface area contributed by atoms with Gasteiger partial charge < -0.3 is 14.9 Å². The minimum Gasteiger partial charge on any atom is -0.466 e. The van der Waals surface area contributed by atoms with Crippen molar-refractivity contribution in [3.05, 3.63) is 24.3 Å². The second-order valence-electron chi connectivity index (χ2n) is 8.69. The van der Waals surface area contributed by atoms with Gasteiger partial charge in [-0.3, -0.25) is 0 Å². The number of halogens is 1. The molecule has 5 atom stereocenters. The molecule has 0 aliphatic heterocycles. The monoisotopic (exact) mass is 414 g/mol. The van der Waals surface area contributed by atoms with Crippen LogP contribution in [0.1, 0.15) is 72.1 Å². The highest BCUT2D eigenvalue weighted by atomic mass is 35.5. The number of carbonyl (C=O) groups is 1. The third kappa shape index (κ3) is 8.26. The molecular formula is C23H39ClO4. The zero-order valence-corrected chi connectivity index (χ0v) is 18.7. The molecule has 0 radical (unpaired) electrons. The number of carbonyl (C=O) groups excluding carboxylic acids is 1. The Morgan fingerprint density at radius 3 is 2.68 bits per heavy atom. The lowest BCUT2D eigenvalue weighted by molar-refractivity contribution is -0.134. The van der Waals surface area contributed by atoms with Gasteiger partial charge in [0.05, 0.1) is 19.3 Å². The Hall–Kier alpha value is -0.840. The van der Waals surface area contributed by atoms with E-state index in [1.807, 2.05) is 18.2 Å². The molecule has 1 fully saturated rings. The Morgan fingerprint density at radius 2 is 2.04 bits per heavy atom. The molecular weight excluding hydrogens is 376 g/mol. The molecule has 0 saturated heterocycles. The van der Waals surface area contributed by atoms with Crippen LogP contribution in [0.3, 0.4) is 0 Å². The van der Waals surface area contributed by atoms with Gasteiger partial charge in [-0.2, -0.15) is 0 Å². The first-order valence-corrected chi connectivity index (χ1v) is 11.1. The highest BCUT2D eigenvalue weighted by Gasteiger charge is 2.39. The second-order valence-corrected chi connectivity index (χ2v) is 9.25. The van der Waals surface area contributed by atoms with Gasteiger partial charge in [0.25, 0.3) is 0 Å². The van der Waals surface area contributed by atoms with Gasteiger partial charge in [0, 0.05) is 17.4 Å². The van der Waals surface area contributed by atoms with Crippen molar-refractivity contribution in [3.63, 3.8) is 0 Å². The van der Waals surface area contributed by atoms with Crippen LogP contribution in [-0.2, 0) is 9.53 Å². The van der Waals surface area contributed by atoms with E-state index in [-0.39, 0.29) is 28.6 Å². The van der Waals surface area contributed by atoms with Gasteiger partial charge in [-0.15, -0.1) is 11.6 Å². The van der Waals surface area contributed by atoms with Crippen LogP contribution in [0.15, 0.2) is 24.3 Å². The summed E-state index contributed by atoms with van der Waals surface area (Å²) in [6.07, 6.45) is 13.7. The maximum Gasteiger partial charge on any atom is 0.330 e. The van der Waals surface area contributed by atoms with Crippen LogP contribution in [0.5, 0.6) is 0 Å². The number of hydrogen-bond donors (Lipinski definition) is 2. The van der Waals surface area contributed by atoms with E-state index in [1.54, 1.807) is 0 Å². The van der Waals surface area contributed by atoms with Crippen molar-refractivity contribution in [3.8, 4) is 0 Å². The number of aliphatic hydroxyl groups excluding tert-OH is 2. The second kappa shape index (κ2) is 12.7. The van der Waals surface area contributed by atoms with Gasteiger partial charge in [0.2, 0.25) is 0 Å². The molecule has 0 amide bonds. The number of unbranched alkanes of at least 4 members (excludes halogenated alkanes) is 3. The standard InChI is InChI=1S/C23H39ClO4/c1-5-6-15-23(2,3)21(26)14-13-18-17(19(24)16-20(18)25)11-9-7-8-10-12-22(27)28-4/h10,12-14,17-21,25-26H,5-9,11,15-16H2,1-4H3/b12-10+,14-13+/t17-,18-,19-,20-,21-/m1/s1. The maximum atomic E-state index is 11.0. The van der Waals surface area contributed by atoms with Gasteiger partial charge in [0.15, 0.2) is 0 Å². The number of aliphatic hydroxyl groups is 2. The van der Waals surface area contributed by atoms with Gasteiger partial charge >= 0.3 is 5.97 Å². The average Bonchev–Trinajstić information content (AvgIpc) is 2.93. The predicted molar refractivity (Wildman–Crippen MR) is 115 cm³/mol. The normalized spacial score (nSPS) is 27.0. The quantitative estimate of drug-likeness (QED) is 0.155. The van der Waals surface area contributed by atoms with Crippen molar-refractivity contribution in [2.24, 2.45) is 17.3 Å². The average molecular weight is 415 g/mol. The predicted octanol–water partition coefficient (Wildman–Crippen LogP) is 5.01. The third-order valence-corrected chi connectivity index (χ3v) is 6.48. The molecule has 0 aromatic heterocycles. The Labute approximate surface area is 176 Å². The van der Waals surface area contributed by atoms with Gasteiger partial charge in [-0.25, -0.2) is 4.79 Å². The van der Waals surface area contributed by atoms with Gasteiger partial charge in [0.1, 0.15) is 0 Å². The summed E-state index contributed by atoms with van der Waals surface area (Å²) in [4.78, 5) is 11.0. The van der Waals surface area contributed by atoms with Crippen LogP contribution in [0.2, 0.25) is 0 Å².